The normalized spacial score (nSPS) is 15.3. The van der Waals surface area contributed by atoms with E-state index in [0.717, 1.165) is 17.5 Å². The van der Waals surface area contributed by atoms with E-state index in [9.17, 15) is 9.59 Å². The summed E-state index contributed by atoms with van der Waals surface area (Å²) in [6.45, 7) is 9.93. The SMILES string of the molecule is COc1cc(C)c(Cl)c(C)c1C(=O)N1CCCN(C(=O)C(C)C)CC1. The molecule has 0 aromatic heterocycles. The van der Waals surface area contributed by atoms with Crippen LogP contribution in [0.2, 0.25) is 5.02 Å². The van der Waals surface area contributed by atoms with E-state index < -0.39 is 0 Å². The zero-order valence-electron chi connectivity index (χ0n) is 15.7. The number of benzene rings is 1. The second kappa shape index (κ2) is 8.09. The molecule has 0 bridgehead atoms. The van der Waals surface area contributed by atoms with E-state index in [0.29, 0.717) is 42.5 Å². The van der Waals surface area contributed by atoms with Gasteiger partial charge in [-0.3, -0.25) is 9.59 Å². The van der Waals surface area contributed by atoms with Crippen molar-refractivity contribution in [3.05, 3.63) is 27.8 Å². The minimum absolute atomic E-state index is 0.0273. The Morgan fingerprint density at radius 3 is 2.32 bits per heavy atom. The smallest absolute Gasteiger partial charge is 0.258 e. The average molecular weight is 367 g/mol. The van der Waals surface area contributed by atoms with E-state index in [4.69, 9.17) is 16.3 Å². The summed E-state index contributed by atoms with van der Waals surface area (Å²) in [7, 11) is 1.56. The molecule has 25 heavy (non-hydrogen) atoms. The first-order chi connectivity index (χ1) is 11.8. The zero-order valence-corrected chi connectivity index (χ0v) is 16.4. The number of halogens is 1. The molecule has 1 aliphatic heterocycles. The third-order valence-corrected chi connectivity index (χ3v) is 5.25. The van der Waals surface area contributed by atoms with Gasteiger partial charge < -0.3 is 14.5 Å². The Morgan fingerprint density at radius 1 is 1.12 bits per heavy atom. The molecule has 1 aliphatic rings. The van der Waals surface area contributed by atoms with Gasteiger partial charge in [0.1, 0.15) is 5.75 Å². The highest BCUT2D eigenvalue weighted by Gasteiger charge is 2.27. The highest BCUT2D eigenvalue weighted by Crippen LogP contribution is 2.32. The van der Waals surface area contributed by atoms with Crippen LogP contribution in [0.1, 0.15) is 41.8 Å². The van der Waals surface area contributed by atoms with Crippen LogP contribution in [-0.2, 0) is 4.79 Å². The number of nitrogens with zero attached hydrogens (tertiary/aromatic N) is 2. The fourth-order valence-electron chi connectivity index (χ4n) is 3.21. The molecule has 1 aromatic rings. The van der Waals surface area contributed by atoms with E-state index in [1.807, 2.05) is 32.6 Å². The first kappa shape index (κ1) is 19.6. The second-order valence-corrected chi connectivity index (χ2v) is 7.21. The van der Waals surface area contributed by atoms with E-state index >= 15 is 0 Å². The Balaban J connectivity index is 2.24. The van der Waals surface area contributed by atoms with Crippen LogP contribution >= 0.6 is 11.6 Å². The number of ether oxygens (including phenoxy) is 1. The summed E-state index contributed by atoms with van der Waals surface area (Å²) in [5, 5.41) is 0.593. The summed E-state index contributed by atoms with van der Waals surface area (Å²) >= 11 is 6.35. The van der Waals surface area contributed by atoms with Gasteiger partial charge in [0.05, 0.1) is 12.7 Å². The molecule has 0 spiro atoms. The molecule has 138 valence electrons. The summed E-state index contributed by atoms with van der Waals surface area (Å²) in [4.78, 5) is 29.0. The van der Waals surface area contributed by atoms with E-state index in [1.165, 1.54) is 0 Å². The largest absolute Gasteiger partial charge is 0.496 e. The lowest BCUT2D eigenvalue weighted by Gasteiger charge is -2.25. The molecule has 1 heterocycles. The van der Waals surface area contributed by atoms with Crippen molar-refractivity contribution in [1.82, 2.24) is 9.80 Å². The van der Waals surface area contributed by atoms with Crippen LogP contribution in [0.15, 0.2) is 6.07 Å². The molecule has 1 saturated heterocycles. The van der Waals surface area contributed by atoms with Crippen LogP contribution in [0.5, 0.6) is 5.75 Å². The predicted molar refractivity (Wildman–Crippen MR) is 99.4 cm³/mol. The lowest BCUT2D eigenvalue weighted by Crippen LogP contribution is -2.39. The number of rotatable bonds is 3. The summed E-state index contributed by atoms with van der Waals surface area (Å²) in [5.41, 5.74) is 2.14. The summed E-state index contributed by atoms with van der Waals surface area (Å²) < 4.78 is 5.43. The van der Waals surface area contributed by atoms with Crippen molar-refractivity contribution in [2.24, 2.45) is 5.92 Å². The van der Waals surface area contributed by atoms with Gasteiger partial charge in [0.15, 0.2) is 0 Å². The molecule has 0 atom stereocenters. The monoisotopic (exact) mass is 366 g/mol. The third-order valence-electron chi connectivity index (χ3n) is 4.67. The molecule has 0 radical (unpaired) electrons. The standard InChI is InChI=1S/C19H27ClN2O3/c1-12(2)18(23)21-7-6-8-22(10-9-21)19(24)16-14(4)17(20)13(3)11-15(16)25-5/h11-12H,6-10H2,1-5H3. The number of hydrogen-bond acceptors (Lipinski definition) is 3. The van der Waals surface area contributed by atoms with E-state index in [-0.39, 0.29) is 17.7 Å². The van der Waals surface area contributed by atoms with Gasteiger partial charge in [-0.25, -0.2) is 0 Å². The molecule has 1 fully saturated rings. The van der Waals surface area contributed by atoms with Gasteiger partial charge in [0, 0.05) is 37.1 Å². The summed E-state index contributed by atoms with van der Waals surface area (Å²) in [6, 6.07) is 1.80. The number of amides is 2. The molecule has 2 amide bonds. The number of aryl methyl sites for hydroxylation is 1. The van der Waals surface area contributed by atoms with Gasteiger partial charge in [-0.15, -0.1) is 0 Å². The fourth-order valence-corrected chi connectivity index (χ4v) is 3.36. The van der Waals surface area contributed by atoms with Crippen molar-refractivity contribution >= 4 is 23.4 Å². The van der Waals surface area contributed by atoms with Crippen LogP contribution in [0, 0.1) is 19.8 Å². The maximum Gasteiger partial charge on any atom is 0.258 e. The highest BCUT2D eigenvalue weighted by molar-refractivity contribution is 6.32. The van der Waals surface area contributed by atoms with Gasteiger partial charge in [-0.05, 0) is 37.5 Å². The van der Waals surface area contributed by atoms with Crippen LogP contribution in [0.3, 0.4) is 0 Å². The van der Waals surface area contributed by atoms with Gasteiger partial charge in [-0.1, -0.05) is 25.4 Å². The van der Waals surface area contributed by atoms with Crippen LogP contribution in [0.4, 0.5) is 0 Å². The van der Waals surface area contributed by atoms with Crippen molar-refractivity contribution < 1.29 is 14.3 Å². The molecule has 0 aliphatic carbocycles. The average Bonchev–Trinajstić information content (AvgIpc) is 2.84. The van der Waals surface area contributed by atoms with Crippen LogP contribution < -0.4 is 4.74 Å². The van der Waals surface area contributed by atoms with Crippen molar-refractivity contribution in [3.8, 4) is 5.75 Å². The Morgan fingerprint density at radius 2 is 1.72 bits per heavy atom. The maximum atomic E-state index is 13.1. The molecule has 0 unspecified atom stereocenters. The van der Waals surface area contributed by atoms with Crippen molar-refractivity contribution in [3.63, 3.8) is 0 Å². The van der Waals surface area contributed by atoms with Crippen LogP contribution in [-0.4, -0.2) is 54.9 Å². The zero-order chi connectivity index (χ0) is 18.7. The first-order valence-electron chi connectivity index (χ1n) is 8.69. The fraction of sp³-hybridized carbons (Fsp3) is 0.579. The number of carbonyl (C=O) groups excluding carboxylic acids is 2. The lowest BCUT2D eigenvalue weighted by atomic mass is 10.0. The Kier molecular flexibility index (Phi) is 6.33. The van der Waals surface area contributed by atoms with Gasteiger partial charge in [0.25, 0.3) is 5.91 Å². The topological polar surface area (TPSA) is 49.9 Å². The number of hydrogen-bond donors (Lipinski definition) is 0. The molecule has 0 N–H and O–H groups in total. The quantitative estimate of drug-likeness (QED) is 0.824. The second-order valence-electron chi connectivity index (χ2n) is 6.84. The van der Waals surface area contributed by atoms with Crippen molar-refractivity contribution in [2.45, 2.75) is 34.1 Å². The third kappa shape index (κ3) is 4.09. The minimum atomic E-state index is -0.0879. The molecule has 5 nitrogen and oxygen atoms in total. The first-order valence-corrected chi connectivity index (χ1v) is 9.07. The maximum absolute atomic E-state index is 13.1. The molecular weight excluding hydrogens is 340 g/mol. The van der Waals surface area contributed by atoms with E-state index in [2.05, 4.69) is 0 Å². The Hall–Kier alpha value is -1.75. The van der Waals surface area contributed by atoms with Crippen LogP contribution in [0.25, 0.3) is 0 Å². The van der Waals surface area contributed by atoms with Gasteiger partial charge >= 0.3 is 0 Å². The van der Waals surface area contributed by atoms with E-state index in [1.54, 1.807) is 18.1 Å². The molecule has 0 saturated carbocycles. The van der Waals surface area contributed by atoms with Crippen molar-refractivity contribution in [2.75, 3.05) is 33.3 Å². The van der Waals surface area contributed by atoms with Gasteiger partial charge in [-0.2, -0.15) is 0 Å². The summed E-state index contributed by atoms with van der Waals surface area (Å²) in [6.07, 6.45) is 0.769. The van der Waals surface area contributed by atoms with Crippen molar-refractivity contribution in [1.29, 1.82) is 0 Å². The predicted octanol–water partition coefficient (Wildman–Crippen LogP) is 3.30. The number of methoxy groups -OCH3 is 1. The lowest BCUT2D eigenvalue weighted by molar-refractivity contribution is -0.134. The highest BCUT2D eigenvalue weighted by atomic mass is 35.5. The molecule has 6 heteroatoms. The molecule has 2 rings (SSSR count). The molecule has 1 aromatic carbocycles. The molecular formula is C19H27ClN2O3. The Labute approximate surface area is 154 Å². The number of carbonyl (C=O) groups is 2. The summed E-state index contributed by atoms with van der Waals surface area (Å²) in [5.74, 6) is 0.570. The Bertz CT molecular complexity index is 673. The van der Waals surface area contributed by atoms with Gasteiger partial charge in [0.2, 0.25) is 5.91 Å². The minimum Gasteiger partial charge on any atom is -0.496 e.